The first kappa shape index (κ1) is 21.4. The van der Waals surface area contributed by atoms with Gasteiger partial charge in [0, 0.05) is 11.5 Å². The molecule has 10 nitrogen and oxygen atoms in total. The Morgan fingerprint density at radius 1 is 1.19 bits per heavy atom. The Kier molecular flexibility index (Phi) is 5.57. The molecule has 1 saturated heterocycles. The molecule has 4 rings (SSSR count). The van der Waals surface area contributed by atoms with E-state index in [9.17, 15) is 19.2 Å². The molecule has 32 heavy (non-hydrogen) atoms. The molecule has 1 atom stereocenters. The van der Waals surface area contributed by atoms with Gasteiger partial charge in [-0.15, -0.1) is 5.10 Å². The van der Waals surface area contributed by atoms with Crippen LogP contribution in [0.3, 0.4) is 0 Å². The predicted octanol–water partition coefficient (Wildman–Crippen LogP) is 2.27. The molecule has 3 aromatic rings. The minimum atomic E-state index is -1.32. The van der Waals surface area contributed by atoms with E-state index in [0.29, 0.717) is 5.56 Å². The van der Waals surface area contributed by atoms with Gasteiger partial charge in [-0.2, -0.15) is 0 Å². The van der Waals surface area contributed by atoms with Crippen molar-refractivity contribution in [1.29, 1.82) is 0 Å². The first-order valence-corrected chi connectivity index (χ1v) is 10.5. The minimum Gasteiger partial charge on any atom is -0.461 e. The van der Waals surface area contributed by atoms with Gasteiger partial charge in [0.05, 0.1) is 6.61 Å². The molecule has 2 N–H and O–H groups in total. The lowest BCUT2D eigenvalue weighted by Crippen LogP contribution is -2.42. The molecular formula is C21H19N5O5S. The van der Waals surface area contributed by atoms with Crippen LogP contribution in [0.2, 0.25) is 0 Å². The number of carbonyl (C=O) groups is 4. The van der Waals surface area contributed by atoms with Crippen LogP contribution in [-0.2, 0) is 19.9 Å². The second-order valence-electron chi connectivity index (χ2n) is 7.23. The van der Waals surface area contributed by atoms with Crippen LogP contribution in [0.1, 0.15) is 29.9 Å². The molecule has 1 aromatic heterocycles. The maximum absolute atomic E-state index is 13.1. The van der Waals surface area contributed by atoms with E-state index >= 15 is 0 Å². The Labute approximate surface area is 186 Å². The molecular weight excluding hydrogens is 434 g/mol. The number of benzene rings is 2. The van der Waals surface area contributed by atoms with Crippen LogP contribution in [-0.4, -0.2) is 51.5 Å². The van der Waals surface area contributed by atoms with Gasteiger partial charge in [-0.3, -0.25) is 14.5 Å². The summed E-state index contributed by atoms with van der Waals surface area (Å²) < 4.78 is 8.51. The molecule has 1 aliphatic heterocycles. The molecule has 11 heteroatoms. The maximum atomic E-state index is 13.1. The number of aromatic nitrogens is 2. The van der Waals surface area contributed by atoms with E-state index in [0.717, 1.165) is 27.2 Å². The number of anilines is 1. The zero-order valence-corrected chi connectivity index (χ0v) is 18.1. The van der Waals surface area contributed by atoms with Gasteiger partial charge in [-0.05, 0) is 36.2 Å². The largest absolute Gasteiger partial charge is 0.461 e. The number of rotatable bonds is 6. The van der Waals surface area contributed by atoms with E-state index in [4.69, 9.17) is 4.74 Å². The number of carbonyl (C=O) groups excluding carboxylic acids is 4. The highest BCUT2D eigenvalue weighted by atomic mass is 32.1. The topological polar surface area (TPSA) is 131 Å². The molecule has 0 aliphatic carbocycles. The Morgan fingerprint density at radius 2 is 1.94 bits per heavy atom. The number of hydrogen-bond acceptors (Lipinski definition) is 8. The Morgan fingerprint density at radius 3 is 2.69 bits per heavy atom. The monoisotopic (exact) mass is 453 g/mol. The zero-order chi connectivity index (χ0) is 22.9. The van der Waals surface area contributed by atoms with Gasteiger partial charge < -0.3 is 15.4 Å². The number of nitrogens with zero attached hydrogens (tertiary/aromatic N) is 3. The van der Waals surface area contributed by atoms with E-state index in [2.05, 4.69) is 20.2 Å². The van der Waals surface area contributed by atoms with Crippen molar-refractivity contribution >= 4 is 51.1 Å². The molecule has 2 aromatic carbocycles. The fourth-order valence-electron chi connectivity index (χ4n) is 3.45. The van der Waals surface area contributed by atoms with E-state index in [1.807, 2.05) is 36.4 Å². The van der Waals surface area contributed by atoms with Crippen LogP contribution in [0.15, 0.2) is 42.5 Å². The minimum absolute atomic E-state index is 0.0813. The van der Waals surface area contributed by atoms with Gasteiger partial charge in [0.2, 0.25) is 11.6 Å². The molecule has 0 bridgehead atoms. The van der Waals surface area contributed by atoms with Gasteiger partial charge in [-0.1, -0.05) is 40.9 Å². The SMILES string of the molecule is CCOC(=O)c1nnsc1NC(=O)CN1C(=O)NC(C)(c2ccc3ccccc3c2)C1=O. The third kappa shape index (κ3) is 3.78. The zero-order valence-electron chi connectivity index (χ0n) is 17.2. The number of nitrogens with one attached hydrogen (secondary N) is 2. The van der Waals surface area contributed by atoms with E-state index < -0.39 is 35.9 Å². The van der Waals surface area contributed by atoms with Crippen LogP contribution in [0.5, 0.6) is 0 Å². The smallest absolute Gasteiger partial charge is 0.362 e. The highest BCUT2D eigenvalue weighted by Gasteiger charge is 2.49. The van der Waals surface area contributed by atoms with Crippen LogP contribution in [0.25, 0.3) is 10.8 Å². The fraction of sp³-hybridized carbons (Fsp3) is 0.238. The highest BCUT2D eigenvalue weighted by molar-refractivity contribution is 7.10. The summed E-state index contributed by atoms with van der Waals surface area (Å²) in [7, 11) is 0. The molecule has 2 heterocycles. The van der Waals surface area contributed by atoms with Crippen LogP contribution < -0.4 is 10.6 Å². The van der Waals surface area contributed by atoms with Crippen molar-refractivity contribution in [1.82, 2.24) is 19.8 Å². The van der Waals surface area contributed by atoms with Gasteiger partial charge in [-0.25, -0.2) is 9.59 Å². The highest BCUT2D eigenvalue weighted by Crippen LogP contribution is 2.31. The number of esters is 1. The number of ether oxygens (including phenoxy) is 1. The second-order valence-corrected chi connectivity index (χ2v) is 7.98. The molecule has 1 unspecified atom stereocenters. The summed E-state index contributed by atoms with van der Waals surface area (Å²) in [6.07, 6.45) is 0. The van der Waals surface area contributed by atoms with Crippen molar-refractivity contribution in [3.05, 3.63) is 53.7 Å². The summed E-state index contributed by atoms with van der Waals surface area (Å²) in [6.45, 7) is 2.84. The van der Waals surface area contributed by atoms with Crippen molar-refractivity contribution in [2.75, 3.05) is 18.5 Å². The number of fused-ring (bicyclic) bond motifs is 1. The van der Waals surface area contributed by atoms with Crippen LogP contribution in [0, 0.1) is 0 Å². The third-order valence-electron chi connectivity index (χ3n) is 5.11. The van der Waals surface area contributed by atoms with Crippen molar-refractivity contribution < 1.29 is 23.9 Å². The average Bonchev–Trinajstić information content (AvgIpc) is 3.32. The number of amides is 4. The van der Waals surface area contributed by atoms with Gasteiger partial charge >= 0.3 is 12.0 Å². The average molecular weight is 453 g/mol. The van der Waals surface area contributed by atoms with E-state index in [1.165, 1.54) is 0 Å². The molecule has 0 saturated carbocycles. The van der Waals surface area contributed by atoms with E-state index in [1.54, 1.807) is 19.9 Å². The molecule has 0 spiro atoms. The Balaban J connectivity index is 1.51. The normalized spacial score (nSPS) is 18.0. The van der Waals surface area contributed by atoms with Crippen molar-refractivity contribution in [3.63, 3.8) is 0 Å². The number of urea groups is 1. The van der Waals surface area contributed by atoms with Gasteiger partial charge in [0.15, 0.2) is 5.00 Å². The Hall–Kier alpha value is -3.86. The van der Waals surface area contributed by atoms with Crippen molar-refractivity contribution in [2.45, 2.75) is 19.4 Å². The molecule has 1 aliphatic rings. The van der Waals surface area contributed by atoms with Crippen LogP contribution in [0.4, 0.5) is 9.80 Å². The molecule has 4 amide bonds. The molecule has 1 fully saturated rings. The number of hydrogen-bond donors (Lipinski definition) is 2. The lowest BCUT2D eigenvalue weighted by molar-refractivity contribution is -0.133. The quantitative estimate of drug-likeness (QED) is 0.432. The summed E-state index contributed by atoms with van der Waals surface area (Å²) in [5.41, 5.74) is -0.846. The fourth-order valence-corrected chi connectivity index (χ4v) is 4.03. The summed E-state index contributed by atoms with van der Waals surface area (Å²) >= 11 is 0.791. The maximum Gasteiger partial charge on any atom is 0.362 e. The van der Waals surface area contributed by atoms with Crippen molar-refractivity contribution in [3.8, 4) is 0 Å². The lowest BCUT2D eigenvalue weighted by Gasteiger charge is -2.22. The summed E-state index contributed by atoms with van der Waals surface area (Å²) in [5.74, 6) is -1.95. The second kappa shape index (κ2) is 8.35. The summed E-state index contributed by atoms with van der Waals surface area (Å²) in [5, 5.41) is 10.8. The summed E-state index contributed by atoms with van der Waals surface area (Å²) in [6, 6.07) is 12.5. The first-order valence-electron chi connectivity index (χ1n) is 9.76. The Bertz CT molecular complexity index is 1240. The third-order valence-corrected chi connectivity index (χ3v) is 5.75. The molecule has 0 radical (unpaired) electrons. The van der Waals surface area contributed by atoms with Crippen LogP contribution >= 0.6 is 11.5 Å². The van der Waals surface area contributed by atoms with Crippen molar-refractivity contribution in [2.24, 2.45) is 0 Å². The summed E-state index contributed by atoms with van der Waals surface area (Å²) in [4.78, 5) is 50.9. The standard InChI is InChI=1S/C21H19N5O5S/c1-3-31-18(28)16-17(32-25-24-16)22-15(27)11-26-19(29)21(2,23-20(26)30)14-9-8-12-6-4-5-7-13(12)10-14/h4-10H,3,11H2,1-2H3,(H,22,27)(H,23,30). The van der Waals surface area contributed by atoms with Gasteiger partial charge in [0.1, 0.15) is 12.1 Å². The van der Waals surface area contributed by atoms with Gasteiger partial charge in [0.25, 0.3) is 5.91 Å². The lowest BCUT2D eigenvalue weighted by atomic mass is 9.90. The van der Waals surface area contributed by atoms with E-state index in [-0.39, 0.29) is 17.3 Å². The molecule has 164 valence electrons. The first-order chi connectivity index (χ1) is 15.3. The number of imide groups is 1. The predicted molar refractivity (Wildman–Crippen MR) is 116 cm³/mol.